The topological polar surface area (TPSA) is 0 Å². The van der Waals surface area contributed by atoms with Crippen LogP contribution < -0.4 is 0 Å². The maximum absolute atomic E-state index is 2.61. The second kappa shape index (κ2) is 40.6. The van der Waals surface area contributed by atoms with Crippen LogP contribution in [0.15, 0.2) is 0 Å². The molecule has 2 heteroatoms. The molecule has 0 aliphatic carbocycles. The van der Waals surface area contributed by atoms with Gasteiger partial charge in [-0.3, -0.25) is 0 Å². The number of hydrogen-bond acceptors (Lipinski definition) is 0. The van der Waals surface area contributed by atoms with Crippen molar-refractivity contribution in [2.45, 2.75) is 246 Å². The number of hydrogen-bond donors (Lipinski definition) is 0. The zero-order valence-electron chi connectivity index (χ0n) is 35.9. The Bertz CT molecular complexity index is 568. The van der Waals surface area contributed by atoms with Gasteiger partial charge in [0.05, 0.1) is 0 Å². The second-order valence-corrected chi connectivity index (χ2v) is 28.6. The molecule has 0 saturated carbocycles. The Morgan fingerprint density at radius 1 is 0.188 bits per heavy atom. The van der Waals surface area contributed by atoms with Crippen LogP contribution in [0.4, 0.5) is 0 Å². The molecule has 0 heterocycles. The van der Waals surface area contributed by atoms with Crippen molar-refractivity contribution in [2.24, 2.45) is 0 Å². The van der Waals surface area contributed by atoms with Crippen molar-refractivity contribution < 1.29 is 0 Å². The summed E-state index contributed by atoms with van der Waals surface area (Å²) in [6.07, 6.45) is 56.4. The summed E-state index contributed by atoms with van der Waals surface area (Å²) in [6.45, 7) is 19.7. The standard InChI is InChI=1S/C24H53P.C22H49P/c1-5-7-9-10-11-12-13-14-15-16-17-18-19-20-21-22-24-25(3,4)23-8-6-2;1-5-7-9-10-11-12-13-14-15-16-17-18-19-20-22-23(3,4)21-8-6-2/h25H,5-24H2,1-4H3;23H,5-22H2,1-4H3. The van der Waals surface area contributed by atoms with Gasteiger partial charge in [-0.2, -0.15) is 0 Å². The Kier molecular flexibility index (Phi) is 43.1. The van der Waals surface area contributed by atoms with E-state index in [0.29, 0.717) is 0 Å². The van der Waals surface area contributed by atoms with Gasteiger partial charge >= 0.3 is 247 Å². The van der Waals surface area contributed by atoms with E-state index < -0.39 is 14.5 Å². The quantitative estimate of drug-likeness (QED) is 0.0441. The third-order valence-corrected chi connectivity index (χ3v) is 18.2. The van der Waals surface area contributed by atoms with Gasteiger partial charge in [0.1, 0.15) is 0 Å². The summed E-state index contributed by atoms with van der Waals surface area (Å²) in [5, 5.41) is 0. The summed E-state index contributed by atoms with van der Waals surface area (Å²) in [7, 11) is -1.66. The molecule has 0 amide bonds. The minimum absolute atomic E-state index is 0.827. The van der Waals surface area contributed by atoms with Gasteiger partial charge in [-0.1, -0.05) is 65.2 Å². The second-order valence-electron chi connectivity index (χ2n) is 17.9. The molecule has 0 aliphatic rings. The van der Waals surface area contributed by atoms with E-state index in [1.54, 1.807) is 24.6 Å². The Hall–Kier alpha value is 0.860. The molecule has 0 aromatic heterocycles. The average molecular weight is 717 g/mol. The molecule has 0 bridgehead atoms. The van der Waals surface area contributed by atoms with E-state index >= 15 is 0 Å². The van der Waals surface area contributed by atoms with Gasteiger partial charge < -0.3 is 0 Å². The van der Waals surface area contributed by atoms with Crippen LogP contribution in [-0.2, 0) is 0 Å². The predicted molar refractivity (Wildman–Crippen MR) is 239 cm³/mol. The van der Waals surface area contributed by atoms with E-state index in [-0.39, 0.29) is 0 Å². The van der Waals surface area contributed by atoms with Crippen molar-refractivity contribution >= 4 is 14.5 Å². The van der Waals surface area contributed by atoms with E-state index in [4.69, 9.17) is 0 Å². The van der Waals surface area contributed by atoms with Gasteiger partial charge in [0.15, 0.2) is 0 Å². The molecular formula is C46H102P2. The van der Waals surface area contributed by atoms with Gasteiger partial charge in [-0.15, -0.1) is 0 Å². The summed E-state index contributed by atoms with van der Waals surface area (Å²) in [5.41, 5.74) is 0. The molecule has 0 unspecified atom stereocenters. The summed E-state index contributed by atoms with van der Waals surface area (Å²) in [5.74, 6) is 0. The molecule has 0 atom stereocenters. The van der Waals surface area contributed by atoms with E-state index in [1.165, 1.54) is 218 Å². The van der Waals surface area contributed by atoms with Crippen LogP contribution in [0.2, 0.25) is 0 Å². The SMILES string of the molecule is CCCCCCCCCCCCCCCCCC[PH](C)(C)CCCC.CCCCCCCCCCCCCCCC[PH](C)(C)CCCC. The molecule has 0 spiro atoms. The Balaban J connectivity index is 0. The maximum atomic E-state index is 2.61. The minimum atomic E-state index is -0.831. The molecule has 0 rings (SSSR count). The van der Waals surface area contributed by atoms with Crippen molar-refractivity contribution in [3.63, 3.8) is 0 Å². The molecule has 0 aliphatic heterocycles. The fourth-order valence-electron chi connectivity index (χ4n) is 7.51. The molecule has 0 fully saturated rings. The summed E-state index contributed by atoms with van der Waals surface area (Å²) < 4.78 is 0. The van der Waals surface area contributed by atoms with E-state index in [0.717, 1.165) is 0 Å². The number of unbranched alkanes of at least 4 members (excludes halogenated alkanes) is 30. The zero-order chi connectivity index (χ0) is 35.9. The predicted octanol–water partition coefficient (Wildman–Crippen LogP) is 17.3. The summed E-state index contributed by atoms with van der Waals surface area (Å²) in [4.78, 5) is 0. The molecule has 0 nitrogen and oxygen atoms in total. The molecule has 0 aromatic carbocycles. The molecule has 0 N–H and O–H groups in total. The summed E-state index contributed by atoms with van der Waals surface area (Å²) in [6, 6.07) is 0. The zero-order valence-corrected chi connectivity index (χ0v) is 37.9. The molecule has 0 saturated heterocycles. The number of rotatable bonds is 38. The van der Waals surface area contributed by atoms with Crippen molar-refractivity contribution in [1.29, 1.82) is 0 Å². The van der Waals surface area contributed by atoms with Crippen molar-refractivity contribution in [2.75, 3.05) is 51.3 Å². The monoisotopic (exact) mass is 717 g/mol. The third-order valence-electron chi connectivity index (χ3n) is 11.3. The first-order chi connectivity index (χ1) is 23.2. The van der Waals surface area contributed by atoms with Crippen molar-refractivity contribution in [1.82, 2.24) is 0 Å². The van der Waals surface area contributed by atoms with Crippen LogP contribution in [0, 0.1) is 0 Å². The van der Waals surface area contributed by atoms with Gasteiger partial charge in [-0.25, -0.2) is 0 Å². The van der Waals surface area contributed by atoms with E-state index in [1.807, 2.05) is 0 Å². The van der Waals surface area contributed by atoms with Crippen LogP contribution in [0.3, 0.4) is 0 Å². The van der Waals surface area contributed by atoms with Gasteiger partial charge in [0, 0.05) is 0 Å². The van der Waals surface area contributed by atoms with Gasteiger partial charge in [0.2, 0.25) is 0 Å². The molecule has 296 valence electrons. The normalized spacial score (nSPS) is 12.7. The Morgan fingerprint density at radius 2 is 0.333 bits per heavy atom. The Morgan fingerprint density at radius 3 is 0.521 bits per heavy atom. The molecule has 48 heavy (non-hydrogen) atoms. The Labute approximate surface area is 310 Å². The average Bonchev–Trinajstić information content (AvgIpc) is 3.06. The van der Waals surface area contributed by atoms with Gasteiger partial charge in [0.25, 0.3) is 0 Å². The van der Waals surface area contributed by atoms with Crippen molar-refractivity contribution in [3.8, 4) is 0 Å². The summed E-state index contributed by atoms with van der Waals surface area (Å²) >= 11 is 0. The fraction of sp³-hybridized carbons (Fsp3) is 1.00. The van der Waals surface area contributed by atoms with Crippen LogP contribution in [0.25, 0.3) is 0 Å². The molecule has 0 aromatic rings. The van der Waals surface area contributed by atoms with E-state index in [2.05, 4.69) is 54.4 Å². The first-order valence-corrected chi connectivity index (χ1v) is 30.1. The fourth-order valence-corrected chi connectivity index (χ4v) is 13.0. The van der Waals surface area contributed by atoms with Crippen LogP contribution in [-0.4, -0.2) is 51.3 Å². The van der Waals surface area contributed by atoms with Crippen LogP contribution in [0.1, 0.15) is 246 Å². The first kappa shape index (κ1) is 51.0. The van der Waals surface area contributed by atoms with Crippen molar-refractivity contribution in [3.05, 3.63) is 0 Å². The molecular weight excluding hydrogens is 614 g/mol. The van der Waals surface area contributed by atoms with Crippen LogP contribution in [0.5, 0.6) is 0 Å². The van der Waals surface area contributed by atoms with E-state index in [9.17, 15) is 0 Å². The first-order valence-electron chi connectivity index (χ1n) is 23.2. The van der Waals surface area contributed by atoms with Crippen LogP contribution >= 0.6 is 14.5 Å². The molecule has 0 radical (unpaired) electrons. The van der Waals surface area contributed by atoms with Gasteiger partial charge in [-0.05, 0) is 0 Å². The third kappa shape index (κ3) is 44.9.